The normalized spacial score (nSPS) is 10.9. The number of fused-ring (bicyclic) bond motifs is 1. The molecule has 0 aliphatic carbocycles. The molecule has 2 aromatic heterocycles. The minimum atomic E-state index is -1.01. The standard InChI is InChI=1S/C14H8Cl2N2O2/c15-8-4-5-9(10(16)6-8)11-7-18-12(14(19)20)2-1-3-13(18)17-11/h1-7H,(H,19,20). The molecule has 4 nitrogen and oxygen atoms in total. The van der Waals surface area contributed by atoms with Crippen molar-refractivity contribution in [2.75, 3.05) is 0 Å². The van der Waals surface area contributed by atoms with Crippen molar-refractivity contribution in [3.8, 4) is 11.3 Å². The summed E-state index contributed by atoms with van der Waals surface area (Å²) in [5.41, 5.74) is 1.99. The second-order valence-electron chi connectivity index (χ2n) is 4.19. The van der Waals surface area contributed by atoms with Crippen LogP contribution in [0.4, 0.5) is 0 Å². The Kier molecular flexibility index (Phi) is 3.12. The average molecular weight is 307 g/mol. The van der Waals surface area contributed by atoms with Crippen molar-refractivity contribution in [3.63, 3.8) is 0 Å². The zero-order valence-corrected chi connectivity index (χ0v) is 11.6. The molecule has 1 aromatic carbocycles. The van der Waals surface area contributed by atoms with Crippen LogP contribution in [0.2, 0.25) is 10.0 Å². The van der Waals surface area contributed by atoms with Gasteiger partial charge < -0.3 is 5.11 Å². The number of aromatic nitrogens is 2. The van der Waals surface area contributed by atoms with E-state index in [0.29, 0.717) is 26.9 Å². The molecule has 6 heteroatoms. The maximum Gasteiger partial charge on any atom is 0.352 e. The third-order valence-electron chi connectivity index (χ3n) is 2.92. The Morgan fingerprint density at radius 1 is 1.20 bits per heavy atom. The summed E-state index contributed by atoms with van der Waals surface area (Å²) < 4.78 is 1.52. The van der Waals surface area contributed by atoms with E-state index in [9.17, 15) is 4.79 Å². The first kappa shape index (κ1) is 13.0. The topological polar surface area (TPSA) is 54.6 Å². The summed E-state index contributed by atoms with van der Waals surface area (Å²) >= 11 is 12.0. The van der Waals surface area contributed by atoms with Crippen molar-refractivity contribution in [1.29, 1.82) is 0 Å². The number of benzene rings is 1. The molecule has 0 bridgehead atoms. The number of hydrogen-bond donors (Lipinski definition) is 1. The molecule has 0 saturated heterocycles. The second kappa shape index (κ2) is 4.81. The molecule has 0 radical (unpaired) electrons. The van der Waals surface area contributed by atoms with Crippen molar-refractivity contribution in [2.24, 2.45) is 0 Å². The summed E-state index contributed by atoms with van der Waals surface area (Å²) in [4.78, 5) is 15.6. The first-order chi connectivity index (χ1) is 9.56. The molecular formula is C14H8Cl2N2O2. The van der Waals surface area contributed by atoms with Crippen molar-refractivity contribution >= 4 is 34.8 Å². The number of pyridine rings is 1. The van der Waals surface area contributed by atoms with E-state index < -0.39 is 5.97 Å². The van der Waals surface area contributed by atoms with Crippen molar-refractivity contribution < 1.29 is 9.90 Å². The van der Waals surface area contributed by atoms with Crippen LogP contribution in [0, 0.1) is 0 Å². The predicted molar refractivity (Wildman–Crippen MR) is 77.6 cm³/mol. The molecule has 0 aliphatic heterocycles. The predicted octanol–water partition coefficient (Wildman–Crippen LogP) is 4.01. The van der Waals surface area contributed by atoms with Gasteiger partial charge >= 0.3 is 5.97 Å². The van der Waals surface area contributed by atoms with Crippen LogP contribution in [-0.2, 0) is 0 Å². The van der Waals surface area contributed by atoms with Gasteiger partial charge in [-0.15, -0.1) is 0 Å². The largest absolute Gasteiger partial charge is 0.477 e. The van der Waals surface area contributed by atoms with Gasteiger partial charge in [-0.05, 0) is 30.3 Å². The molecule has 0 amide bonds. The van der Waals surface area contributed by atoms with E-state index in [1.165, 1.54) is 10.5 Å². The summed E-state index contributed by atoms with van der Waals surface area (Å²) in [6.07, 6.45) is 1.65. The van der Waals surface area contributed by atoms with E-state index in [1.54, 1.807) is 36.5 Å². The molecule has 0 atom stereocenters. The van der Waals surface area contributed by atoms with Gasteiger partial charge in [-0.2, -0.15) is 0 Å². The minimum Gasteiger partial charge on any atom is -0.477 e. The Hall–Kier alpha value is -2.04. The van der Waals surface area contributed by atoms with E-state index in [1.807, 2.05) is 0 Å². The smallest absolute Gasteiger partial charge is 0.352 e. The SMILES string of the molecule is O=C(O)c1cccc2nc(-c3ccc(Cl)cc3Cl)cn12. The second-order valence-corrected chi connectivity index (χ2v) is 5.04. The fourth-order valence-corrected chi connectivity index (χ4v) is 2.52. The fraction of sp³-hybridized carbons (Fsp3) is 0. The third kappa shape index (κ3) is 2.13. The van der Waals surface area contributed by atoms with E-state index in [2.05, 4.69) is 4.98 Å². The third-order valence-corrected chi connectivity index (χ3v) is 3.47. The van der Waals surface area contributed by atoms with Crippen LogP contribution in [-0.4, -0.2) is 20.5 Å². The van der Waals surface area contributed by atoms with Gasteiger partial charge in [0, 0.05) is 16.8 Å². The first-order valence-corrected chi connectivity index (χ1v) is 6.48. The van der Waals surface area contributed by atoms with Gasteiger partial charge in [0.1, 0.15) is 11.3 Å². The Balaban J connectivity index is 2.23. The molecule has 100 valence electrons. The summed E-state index contributed by atoms with van der Waals surface area (Å²) in [5, 5.41) is 10.2. The van der Waals surface area contributed by atoms with Crippen LogP contribution >= 0.6 is 23.2 Å². The van der Waals surface area contributed by atoms with Crippen molar-refractivity contribution in [1.82, 2.24) is 9.38 Å². The van der Waals surface area contributed by atoms with Gasteiger partial charge in [-0.25, -0.2) is 9.78 Å². The maximum absolute atomic E-state index is 11.2. The highest BCUT2D eigenvalue weighted by Gasteiger charge is 2.13. The van der Waals surface area contributed by atoms with Crippen LogP contribution in [0.15, 0.2) is 42.6 Å². The lowest BCUT2D eigenvalue weighted by Gasteiger charge is -2.00. The van der Waals surface area contributed by atoms with Gasteiger partial charge in [0.05, 0.1) is 10.7 Å². The van der Waals surface area contributed by atoms with Gasteiger partial charge in [0.25, 0.3) is 0 Å². The van der Waals surface area contributed by atoms with E-state index >= 15 is 0 Å². The quantitative estimate of drug-likeness (QED) is 0.778. The van der Waals surface area contributed by atoms with Crippen LogP contribution in [0.3, 0.4) is 0 Å². The molecule has 0 fully saturated rings. The van der Waals surface area contributed by atoms with Crippen LogP contribution in [0.25, 0.3) is 16.9 Å². The number of carbonyl (C=O) groups is 1. The number of carboxylic acids is 1. The Morgan fingerprint density at radius 2 is 2.00 bits per heavy atom. The zero-order valence-electron chi connectivity index (χ0n) is 10.0. The monoisotopic (exact) mass is 306 g/mol. The number of aromatic carboxylic acids is 1. The van der Waals surface area contributed by atoms with Crippen molar-refractivity contribution in [3.05, 3.63) is 58.3 Å². The number of nitrogens with zero attached hydrogens (tertiary/aromatic N) is 2. The van der Waals surface area contributed by atoms with Crippen LogP contribution in [0.5, 0.6) is 0 Å². The molecule has 3 rings (SSSR count). The molecule has 2 heterocycles. The van der Waals surface area contributed by atoms with Gasteiger partial charge in [-0.3, -0.25) is 4.40 Å². The molecule has 3 aromatic rings. The Bertz CT molecular complexity index is 827. The lowest BCUT2D eigenvalue weighted by molar-refractivity contribution is 0.0689. The Morgan fingerprint density at radius 3 is 2.70 bits per heavy atom. The Labute approximate surface area is 124 Å². The van der Waals surface area contributed by atoms with Gasteiger partial charge in [0.15, 0.2) is 0 Å². The maximum atomic E-state index is 11.2. The molecule has 0 aliphatic rings. The minimum absolute atomic E-state index is 0.145. The highest BCUT2D eigenvalue weighted by molar-refractivity contribution is 6.36. The van der Waals surface area contributed by atoms with Gasteiger partial charge in [0.2, 0.25) is 0 Å². The average Bonchev–Trinajstić information content (AvgIpc) is 2.81. The summed E-state index contributed by atoms with van der Waals surface area (Å²) in [5.74, 6) is -1.01. The van der Waals surface area contributed by atoms with Crippen molar-refractivity contribution in [2.45, 2.75) is 0 Å². The summed E-state index contributed by atoms with van der Waals surface area (Å²) in [6, 6.07) is 10.0. The zero-order chi connectivity index (χ0) is 14.3. The lowest BCUT2D eigenvalue weighted by atomic mass is 10.2. The molecule has 20 heavy (non-hydrogen) atoms. The number of halogens is 2. The molecule has 0 unspecified atom stereocenters. The molecule has 1 N–H and O–H groups in total. The number of imidazole rings is 1. The van der Waals surface area contributed by atoms with E-state index in [-0.39, 0.29) is 5.69 Å². The van der Waals surface area contributed by atoms with Gasteiger partial charge in [-0.1, -0.05) is 29.3 Å². The first-order valence-electron chi connectivity index (χ1n) is 5.73. The lowest BCUT2D eigenvalue weighted by Crippen LogP contribution is -2.03. The molecule has 0 saturated carbocycles. The summed E-state index contributed by atoms with van der Waals surface area (Å²) in [6.45, 7) is 0. The highest BCUT2D eigenvalue weighted by atomic mass is 35.5. The number of carboxylic acid groups (broad SMARTS) is 1. The van der Waals surface area contributed by atoms with E-state index in [4.69, 9.17) is 28.3 Å². The summed E-state index contributed by atoms with van der Waals surface area (Å²) in [7, 11) is 0. The van der Waals surface area contributed by atoms with E-state index in [0.717, 1.165) is 0 Å². The van der Waals surface area contributed by atoms with Crippen LogP contribution < -0.4 is 0 Å². The van der Waals surface area contributed by atoms with Crippen LogP contribution in [0.1, 0.15) is 10.5 Å². The highest BCUT2D eigenvalue weighted by Crippen LogP contribution is 2.30. The fourth-order valence-electron chi connectivity index (χ4n) is 2.01. The number of hydrogen-bond acceptors (Lipinski definition) is 2. The number of rotatable bonds is 2. The molecule has 0 spiro atoms. The molecular weight excluding hydrogens is 299 g/mol.